The van der Waals surface area contributed by atoms with E-state index in [2.05, 4.69) is 54.1 Å². The molecule has 1 aromatic rings. The van der Waals surface area contributed by atoms with Crippen LogP contribution in [0.15, 0.2) is 18.2 Å². The van der Waals surface area contributed by atoms with Gasteiger partial charge in [0.15, 0.2) is 0 Å². The summed E-state index contributed by atoms with van der Waals surface area (Å²) in [5.74, 6) is -0.0565. The molecule has 7 nitrogen and oxygen atoms in total. The summed E-state index contributed by atoms with van der Waals surface area (Å²) in [4.78, 5) is 33.8. The van der Waals surface area contributed by atoms with Crippen LogP contribution in [0, 0.1) is 13.8 Å². The van der Waals surface area contributed by atoms with Crippen LogP contribution in [0.3, 0.4) is 0 Å². The fraction of sp³-hybridized carbons (Fsp3) is 0.619. The molecular formula is C21H31N5O2. The minimum atomic E-state index is -0.321. The van der Waals surface area contributed by atoms with Gasteiger partial charge in [0, 0.05) is 32.4 Å². The first-order valence-electron chi connectivity index (χ1n) is 10.4. The van der Waals surface area contributed by atoms with Crippen LogP contribution in [-0.4, -0.2) is 71.8 Å². The number of rotatable bonds is 4. The molecule has 7 heteroatoms. The first-order valence-corrected chi connectivity index (χ1v) is 10.4. The Hall–Kier alpha value is -2.12. The summed E-state index contributed by atoms with van der Waals surface area (Å²) in [5, 5.41) is 3.58. The molecule has 0 spiro atoms. The monoisotopic (exact) mass is 385 g/mol. The summed E-state index contributed by atoms with van der Waals surface area (Å²) >= 11 is 0. The molecule has 152 valence electrons. The quantitative estimate of drug-likeness (QED) is 0.860. The van der Waals surface area contributed by atoms with Crippen molar-refractivity contribution in [3.63, 3.8) is 0 Å². The third kappa shape index (κ3) is 2.97. The number of carbonyl (C=O) groups excluding carboxylic acids is 2. The number of likely N-dealkylation sites (N-methyl/N-ethyl adjacent to an activating group) is 1. The Morgan fingerprint density at radius 1 is 1.18 bits per heavy atom. The highest BCUT2D eigenvalue weighted by molar-refractivity contribution is 6.00. The van der Waals surface area contributed by atoms with Crippen molar-refractivity contribution in [2.75, 3.05) is 31.6 Å². The van der Waals surface area contributed by atoms with Gasteiger partial charge in [0.25, 0.3) is 5.91 Å². The van der Waals surface area contributed by atoms with Crippen molar-refractivity contribution in [1.82, 2.24) is 20.0 Å². The molecule has 3 unspecified atom stereocenters. The minimum Gasteiger partial charge on any atom is -0.343 e. The maximum atomic E-state index is 13.3. The lowest BCUT2D eigenvalue weighted by molar-refractivity contribution is -0.138. The number of hydrogen-bond donors (Lipinski definition) is 1. The summed E-state index contributed by atoms with van der Waals surface area (Å²) < 4.78 is 0. The number of hydrogen-bond acceptors (Lipinski definition) is 5. The van der Waals surface area contributed by atoms with Crippen LogP contribution in [0.5, 0.6) is 0 Å². The average Bonchev–Trinajstić information content (AvgIpc) is 3.06. The van der Waals surface area contributed by atoms with Gasteiger partial charge in [-0.3, -0.25) is 19.9 Å². The van der Waals surface area contributed by atoms with Crippen LogP contribution in [0.25, 0.3) is 0 Å². The van der Waals surface area contributed by atoms with Crippen LogP contribution in [0.4, 0.5) is 10.5 Å². The number of unbranched alkanes of at least 4 members (excludes halogenated alkanes) is 1. The maximum absolute atomic E-state index is 13.3. The van der Waals surface area contributed by atoms with Crippen molar-refractivity contribution >= 4 is 17.6 Å². The third-order valence-electron chi connectivity index (χ3n) is 6.27. The molecule has 3 saturated heterocycles. The van der Waals surface area contributed by atoms with Gasteiger partial charge in [-0.1, -0.05) is 31.0 Å². The van der Waals surface area contributed by atoms with Crippen molar-refractivity contribution in [2.24, 2.45) is 0 Å². The molecule has 0 radical (unpaired) electrons. The van der Waals surface area contributed by atoms with Crippen molar-refractivity contribution in [1.29, 1.82) is 0 Å². The van der Waals surface area contributed by atoms with E-state index in [1.165, 1.54) is 21.7 Å². The largest absolute Gasteiger partial charge is 0.343 e. The number of nitrogens with one attached hydrogen (secondary N) is 1. The molecule has 3 atom stereocenters. The van der Waals surface area contributed by atoms with E-state index in [1.807, 2.05) is 0 Å². The zero-order valence-corrected chi connectivity index (χ0v) is 17.3. The number of anilines is 1. The van der Waals surface area contributed by atoms with Gasteiger partial charge in [-0.2, -0.15) is 0 Å². The van der Waals surface area contributed by atoms with Gasteiger partial charge in [0.2, 0.25) is 0 Å². The summed E-state index contributed by atoms with van der Waals surface area (Å²) in [6.45, 7) is 8.60. The Balaban J connectivity index is 1.64. The molecule has 3 aliphatic rings. The Bertz CT molecular complexity index is 782. The molecule has 3 amide bonds. The Kier molecular flexibility index (Phi) is 5.05. The van der Waals surface area contributed by atoms with Gasteiger partial charge in [-0.15, -0.1) is 0 Å². The number of carbonyl (C=O) groups is 2. The van der Waals surface area contributed by atoms with Crippen LogP contribution in [0.2, 0.25) is 0 Å². The standard InChI is InChI=1S/C21H31N5O2/c1-5-6-10-26-19(27)17-18(23(4)21(26)28)22-20-24(11-7-12-25(17)20)16-9-8-14(2)13-15(16)3/h8-9,13,17-18,20,22H,5-7,10-12H2,1-4H3. The van der Waals surface area contributed by atoms with E-state index in [0.717, 1.165) is 32.4 Å². The number of fused-ring (bicyclic) bond motifs is 3. The van der Waals surface area contributed by atoms with E-state index in [0.29, 0.717) is 6.54 Å². The molecular weight excluding hydrogens is 354 g/mol. The van der Waals surface area contributed by atoms with Crippen LogP contribution < -0.4 is 10.2 Å². The number of benzene rings is 1. The molecule has 0 aliphatic carbocycles. The highest BCUT2D eigenvalue weighted by Crippen LogP contribution is 2.34. The lowest BCUT2D eigenvalue weighted by Gasteiger charge is -2.44. The molecule has 3 fully saturated rings. The van der Waals surface area contributed by atoms with E-state index in [-0.39, 0.29) is 30.4 Å². The molecule has 28 heavy (non-hydrogen) atoms. The molecule has 4 rings (SSSR count). The number of urea groups is 1. The van der Waals surface area contributed by atoms with Gasteiger partial charge in [-0.25, -0.2) is 4.79 Å². The van der Waals surface area contributed by atoms with Crippen molar-refractivity contribution in [3.8, 4) is 0 Å². The highest BCUT2D eigenvalue weighted by atomic mass is 16.2. The van der Waals surface area contributed by atoms with Crippen molar-refractivity contribution in [3.05, 3.63) is 29.3 Å². The molecule has 0 saturated carbocycles. The Labute approximate surface area is 167 Å². The van der Waals surface area contributed by atoms with E-state index in [4.69, 9.17) is 0 Å². The van der Waals surface area contributed by atoms with Crippen molar-refractivity contribution < 1.29 is 9.59 Å². The molecule has 3 aliphatic heterocycles. The Morgan fingerprint density at radius 2 is 1.96 bits per heavy atom. The van der Waals surface area contributed by atoms with Gasteiger partial charge < -0.3 is 9.80 Å². The summed E-state index contributed by atoms with van der Waals surface area (Å²) in [7, 11) is 1.80. The topological polar surface area (TPSA) is 59.1 Å². The molecule has 3 heterocycles. The van der Waals surface area contributed by atoms with Crippen LogP contribution >= 0.6 is 0 Å². The number of imide groups is 1. The van der Waals surface area contributed by atoms with E-state index in [1.54, 1.807) is 11.9 Å². The van der Waals surface area contributed by atoms with Gasteiger partial charge in [0.1, 0.15) is 18.5 Å². The lowest BCUT2D eigenvalue weighted by Crippen LogP contribution is -2.66. The molecule has 0 bridgehead atoms. The summed E-state index contributed by atoms with van der Waals surface area (Å²) in [6.07, 6.45) is 2.44. The van der Waals surface area contributed by atoms with Crippen LogP contribution in [-0.2, 0) is 4.79 Å². The predicted molar refractivity (Wildman–Crippen MR) is 109 cm³/mol. The number of nitrogens with zero attached hydrogens (tertiary/aromatic N) is 4. The van der Waals surface area contributed by atoms with E-state index < -0.39 is 0 Å². The van der Waals surface area contributed by atoms with Crippen molar-refractivity contribution in [2.45, 2.75) is 58.5 Å². The first kappa shape index (κ1) is 19.2. The zero-order chi connectivity index (χ0) is 20.0. The van der Waals surface area contributed by atoms with Crippen LogP contribution in [0.1, 0.15) is 37.3 Å². The second-order valence-electron chi connectivity index (χ2n) is 8.24. The first-order chi connectivity index (χ1) is 13.4. The highest BCUT2D eigenvalue weighted by Gasteiger charge is 2.55. The fourth-order valence-electron chi connectivity index (χ4n) is 4.82. The maximum Gasteiger partial charge on any atom is 0.327 e. The zero-order valence-electron chi connectivity index (χ0n) is 17.3. The normalized spacial score (nSPS) is 28.0. The second kappa shape index (κ2) is 7.37. The molecule has 0 aromatic heterocycles. The molecule has 1 aromatic carbocycles. The third-order valence-corrected chi connectivity index (χ3v) is 6.27. The lowest BCUT2D eigenvalue weighted by atomic mass is 10.1. The van der Waals surface area contributed by atoms with E-state index >= 15 is 0 Å². The smallest absolute Gasteiger partial charge is 0.327 e. The second-order valence-corrected chi connectivity index (χ2v) is 8.24. The molecule has 1 N–H and O–H groups in total. The number of aryl methyl sites for hydroxylation is 2. The van der Waals surface area contributed by atoms with Gasteiger partial charge in [0.05, 0.1) is 0 Å². The summed E-state index contributed by atoms with van der Waals surface area (Å²) in [5.41, 5.74) is 3.67. The minimum absolute atomic E-state index is 0.0565. The predicted octanol–water partition coefficient (Wildman–Crippen LogP) is 2.09. The summed E-state index contributed by atoms with van der Waals surface area (Å²) in [6, 6.07) is 5.99. The SMILES string of the molecule is CCCCN1C(=O)C2C(NC3N(c4ccc(C)cc4C)CCCN23)N(C)C1=O. The number of amides is 3. The fourth-order valence-corrected chi connectivity index (χ4v) is 4.82. The van der Waals surface area contributed by atoms with E-state index in [9.17, 15) is 9.59 Å². The average molecular weight is 386 g/mol. The Morgan fingerprint density at radius 3 is 2.68 bits per heavy atom. The van der Waals surface area contributed by atoms with Gasteiger partial charge >= 0.3 is 6.03 Å². The van der Waals surface area contributed by atoms with Gasteiger partial charge in [-0.05, 0) is 38.3 Å².